The SMILES string of the molecule is CC(C)C1CCCCC1(O)Cc1cccc(F)c1F. The van der Waals surface area contributed by atoms with Gasteiger partial charge < -0.3 is 5.11 Å². The van der Waals surface area contributed by atoms with Crippen molar-refractivity contribution >= 4 is 0 Å². The minimum atomic E-state index is -0.902. The van der Waals surface area contributed by atoms with E-state index in [9.17, 15) is 13.9 Å². The van der Waals surface area contributed by atoms with Gasteiger partial charge in [0.1, 0.15) is 0 Å². The minimum absolute atomic E-state index is 0.156. The molecule has 1 nitrogen and oxygen atoms in total. The maximum atomic E-state index is 13.8. The van der Waals surface area contributed by atoms with Crippen LogP contribution in [0.2, 0.25) is 0 Å². The number of hydrogen-bond donors (Lipinski definition) is 1. The van der Waals surface area contributed by atoms with Crippen LogP contribution in [0.4, 0.5) is 8.78 Å². The summed E-state index contributed by atoms with van der Waals surface area (Å²) in [6.07, 6.45) is 3.91. The van der Waals surface area contributed by atoms with E-state index in [0.717, 1.165) is 25.3 Å². The summed E-state index contributed by atoms with van der Waals surface area (Å²) in [5.74, 6) is -1.15. The molecule has 2 rings (SSSR count). The predicted molar refractivity (Wildman–Crippen MR) is 71.8 cm³/mol. The normalized spacial score (nSPS) is 27.8. The van der Waals surface area contributed by atoms with Gasteiger partial charge in [-0.2, -0.15) is 0 Å². The van der Waals surface area contributed by atoms with Gasteiger partial charge in [0.25, 0.3) is 0 Å². The van der Waals surface area contributed by atoms with E-state index >= 15 is 0 Å². The Labute approximate surface area is 113 Å². The monoisotopic (exact) mass is 268 g/mol. The molecule has 2 atom stereocenters. The first-order valence-corrected chi connectivity index (χ1v) is 7.09. The van der Waals surface area contributed by atoms with Crippen molar-refractivity contribution in [2.75, 3.05) is 0 Å². The van der Waals surface area contributed by atoms with Crippen molar-refractivity contribution in [1.82, 2.24) is 0 Å². The molecule has 1 aliphatic carbocycles. The number of hydrogen-bond acceptors (Lipinski definition) is 1. The van der Waals surface area contributed by atoms with E-state index in [-0.39, 0.29) is 17.9 Å². The lowest BCUT2D eigenvalue weighted by molar-refractivity contribution is -0.0658. The van der Waals surface area contributed by atoms with Crippen molar-refractivity contribution in [1.29, 1.82) is 0 Å². The standard InChI is InChI=1S/C16H22F2O/c1-11(2)13-7-3-4-9-16(13,19)10-12-6-5-8-14(17)15(12)18/h5-6,8,11,13,19H,3-4,7,9-10H2,1-2H3. The Balaban J connectivity index is 2.26. The molecular weight excluding hydrogens is 246 g/mol. The largest absolute Gasteiger partial charge is 0.389 e. The first kappa shape index (κ1) is 14.4. The van der Waals surface area contributed by atoms with Gasteiger partial charge in [-0.25, -0.2) is 8.78 Å². The Kier molecular flexibility index (Phi) is 4.24. The van der Waals surface area contributed by atoms with Crippen LogP contribution in [0.1, 0.15) is 45.1 Å². The molecule has 0 aliphatic heterocycles. The van der Waals surface area contributed by atoms with E-state index in [4.69, 9.17) is 0 Å². The Morgan fingerprint density at radius 2 is 2.05 bits per heavy atom. The second kappa shape index (κ2) is 5.58. The topological polar surface area (TPSA) is 20.2 Å². The molecule has 1 aliphatic rings. The lowest BCUT2D eigenvalue weighted by Crippen LogP contribution is -2.45. The van der Waals surface area contributed by atoms with Gasteiger partial charge in [0.05, 0.1) is 5.60 Å². The molecule has 1 saturated carbocycles. The minimum Gasteiger partial charge on any atom is -0.389 e. The fourth-order valence-corrected chi connectivity index (χ4v) is 3.44. The third-order valence-corrected chi connectivity index (χ3v) is 4.40. The molecule has 1 aromatic rings. The van der Waals surface area contributed by atoms with Gasteiger partial charge in [0.15, 0.2) is 11.6 Å². The van der Waals surface area contributed by atoms with Crippen molar-refractivity contribution in [3.8, 4) is 0 Å². The van der Waals surface area contributed by atoms with Crippen LogP contribution < -0.4 is 0 Å². The molecule has 19 heavy (non-hydrogen) atoms. The highest BCUT2D eigenvalue weighted by Crippen LogP contribution is 2.40. The molecule has 0 radical (unpaired) electrons. The average molecular weight is 268 g/mol. The van der Waals surface area contributed by atoms with E-state index in [1.165, 1.54) is 6.07 Å². The summed E-state index contributed by atoms with van der Waals surface area (Å²) < 4.78 is 27.0. The second-order valence-corrected chi connectivity index (χ2v) is 6.09. The molecule has 0 amide bonds. The summed E-state index contributed by atoms with van der Waals surface area (Å²) in [5.41, 5.74) is -0.615. The summed E-state index contributed by atoms with van der Waals surface area (Å²) in [7, 11) is 0. The summed E-state index contributed by atoms with van der Waals surface area (Å²) >= 11 is 0. The van der Waals surface area contributed by atoms with Crippen LogP contribution in [0.15, 0.2) is 18.2 Å². The van der Waals surface area contributed by atoms with E-state index in [2.05, 4.69) is 13.8 Å². The van der Waals surface area contributed by atoms with Crippen molar-refractivity contribution in [2.24, 2.45) is 11.8 Å². The first-order valence-electron chi connectivity index (χ1n) is 7.09. The van der Waals surface area contributed by atoms with Crippen LogP contribution in [-0.2, 0) is 6.42 Å². The number of halogens is 2. The van der Waals surface area contributed by atoms with Crippen LogP contribution in [-0.4, -0.2) is 10.7 Å². The van der Waals surface area contributed by atoms with Gasteiger partial charge in [-0.1, -0.05) is 38.8 Å². The van der Waals surface area contributed by atoms with E-state index in [0.29, 0.717) is 12.3 Å². The Morgan fingerprint density at radius 1 is 1.32 bits per heavy atom. The summed E-state index contributed by atoms with van der Waals surface area (Å²) in [6, 6.07) is 4.19. The highest BCUT2D eigenvalue weighted by Gasteiger charge is 2.40. The van der Waals surface area contributed by atoms with Crippen molar-refractivity contribution < 1.29 is 13.9 Å². The van der Waals surface area contributed by atoms with Gasteiger partial charge >= 0.3 is 0 Å². The van der Waals surface area contributed by atoms with Gasteiger partial charge in [-0.3, -0.25) is 0 Å². The first-order chi connectivity index (χ1) is 8.94. The second-order valence-electron chi connectivity index (χ2n) is 6.09. The van der Waals surface area contributed by atoms with Gasteiger partial charge in [-0.05, 0) is 36.3 Å². The maximum absolute atomic E-state index is 13.8. The third-order valence-electron chi connectivity index (χ3n) is 4.40. The van der Waals surface area contributed by atoms with Gasteiger partial charge in [-0.15, -0.1) is 0 Å². The van der Waals surface area contributed by atoms with Crippen LogP contribution in [0.3, 0.4) is 0 Å². The Morgan fingerprint density at radius 3 is 2.74 bits per heavy atom. The zero-order chi connectivity index (χ0) is 14.0. The number of aliphatic hydroxyl groups is 1. The Bertz CT molecular complexity index is 444. The molecule has 3 heteroatoms. The fraction of sp³-hybridized carbons (Fsp3) is 0.625. The van der Waals surface area contributed by atoms with Gasteiger partial charge in [0, 0.05) is 6.42 Å². The van der Waals surface area contributed by atoms with Crippen molar-refractivity contribution in [2.45, 2.75) is 51.6 Å². The van der Waals surface area contributed by atoms with E-state index < -0.39 is 17.2 Å². The quantitative estimate of drug-likeness (QED) is 0.875. The highest BCUT2D eigenvalue weighted by molar-refractivity contribution is 5.21. The molecule has 0 heterocycles. The lowest BCUT2D eigenvalue weighted by atomic mass is 9.68. The van der Waals surface area contributed by atoms with E-state index in [1.54, 1.807) is 6.07 Å². The molecule has 1 N–H and O–H groups in total. The molecule has 0 bridgehead atoms. The van der Waals surface area contributed by atoms with Crippen LogP contribution >= 0.6 is 0 Å². The number of rotatable bonds is 3. The molecule has 106 valence electrons. The zero-order valence-corrected chi connectivity index (χ0v) is 11.6. The molecule has 1 fully saturated rings. The summed E-state index contributed by atoms with van der Waals surface area (Å²) in [4.78, 5) is 0. The van der Waals surface area contributed by atoms with Gasteiger partial charge in [0.2, 0.25) is 0 Å². The fourth-order valence-electron chi connectivity index (χ4n) is 3.44. The molecule has 0 spiro atoms. The zero-order valence-electron chi connectivity index (χ0n) is 11.6. The molecule has 2 unspecified atom stereocenters. The predicted octanol–water partition coefficient (Wildman–Crippen LogP) is 4.08. The van der Waals surface area contributed by atoms with Crippen molar-refractivity contribution in [3.05, 3.63) is 35.4 Å². The van der Waals surface area contributed by atoms with E-state index in [1.807, 2.05) is 0 Å². The Hall–Kier alpha value is -0.960. The van der Waals surface area contributed by atoms with Crippen molar-refractivity contribution in [3.63, 3.8) is 0 Å². The lowest BCUT2D eigenvalue weighted by Gasteiger charge is -2.42. The smallest absolute Gasteiger partial charge is 0.162 e. The summed E-state index contributed by atoms with van der Waals surface area (Å²) in [6.45, 7) is 4.17. The van der Waals surface area contributed by atoms with Crippen LogP contribution in [0.25, 0.3) is 0 Å². The molecule has 0 aromatic heterocycles. The summed E-state index contributed by atoms with van der Waals surface area (Å²) in [5, 5.41) is 10.9. The molecule has 0 saturated heterocycles. The highest BCUT2D eigenvalue weighted by atomic mass is 19.2. The molecular formula is C16H22F2O. The molecule has 1 aromatic carbocycles. The third kappa shape index (κ3) is 2.97. The van der Waals surface area contributed by atoms with Crippen LogP contribution in [0.5, 0.6) is 0 Å². The number of benzene rings is 1. The maximum Gasteiger partial charge on any atom is 0.162 e. The average Bonchev–Trinajstić information content (AvgIpc) is 2.35. The van der Waals surface area contributed by atoms with Crippen LogP contribution in [0, 0.1) is 23.5 Å².